The molecule has 0 bridgehead atoms. The maximum atomic E-state index is 5.61. The number of rotatable bonds is 7. The molecule has 8 heteroatoms. The third kappa shape index (κ3) is 3.93. The molecule has 1 fully saturated rings. The fourth-order valence-corrected chi connectivity index (χ4v) is 3.63. The Hall–Kier alpha value is -2.32. The zero-order valence-corrected chi connectivity index (χ0v) is 16.6. The average molecular weight is 389 g/mol. The maximum Gasteiger partial charge on any atom is 0.244 e. The normalized spacial score (nSPS) is 17.9. The van der Waals surface area contributed by atoms with E-state index >= 15 is 0 Å². The summed E-state index contributed by atoms with van der Waals surface area (Å²) in [5, 5.41) is 7.76. The van der Waals surface area contributed by atoms with Gasteiger partial charge in [-0.3, -0.25) is 0 Å². The number of hydrogen-bond acceptors (Lipinski definition) is 8. The number of fused-ring (bicyclic) bond motifs is 1. The van der Waals surface area contributed by atoms with Gasteiger partial charge in [0.2, 0.25) is 18.4 Å². The number of methoxy groups -OCH3 is 1. The molecule has 2 aliphatic rings. The van der Waals surface area contributed by atoms with Gasteiger partial charge in [0.15, 0.2) is 17.3 Å². The lowest BCUT2D eigenvalue weighted by molar-refractivity contribution is 0.0485. The Morgan fingerprint density at radius 2 is 2.04 bits per heavy atom. The van der Waals surface area contributed by atoms with E-state index in [-0.39, 0.29) is 18.8 Å². The van der Waals surface area contributed by atoms with Crippen LogP contribution in [0.5, 0.6) is 17.2 Å². The molecule has 8 nitrogen and oxygen atoms in total. The highest BCUT2D eigenvalue weighted by Crippen LogP contribution is 2.42. The highest BCUT2D eigenvalue weighted by Gasteiger charge is 2.30. The third-order valence-corrected chi connectivity index (χ3v) is 5.22. The van der Waals surface area contributed by atoms with Gasteiger partial charge in [0.05, 0.1) is 13.2 Å². The van der Waals surface area contributed by atoms with Crippen LogP contribution in [0.25, 0.3) is 0 Å². The molecule has 0 aliphatic carbocycles. The second-order valence-corrected chi connectivity index (χ2v) is 7.49. The molecule has 2 aromatic rings. The van der Waals surface area contributed by atoms with Crippen LogP contribution in [0.3, 0.4) is 0 Å². The molecule has 28 heavy (non-hydrogen) atoms. The molecule has 0 unspecified atom stereocenters. The standard InChI is InChI=1S/C20H27N3O5/c1-12(2)19-22-20(28-23-19)17(14-4-6-25-7-5-14)21-10-13-8-15(24-3)18-16(9-13)26-11-27-18/h8-9,12,14,17,21H,4-7,10-11H2,1-3H3/t17-/m1/s1. The molecular formula is C20H27N3O5. The van der Waals surface area contributed by atoms with E-state index in [1.807, 2.05) is 12.1 Å². The van der Waals surface area contributed by atoms with E-state index in [0.29, 0.717) is 35.6 Å². The topological polar surface area (TPSA) is 87.9 Å². The van der Waals surface area contributed by atoms with Crippen molar-refractivity contribution in [2.24, 2.45) is 5.92 Å². The molecular weight excluding hydrogens is 362 g/mol. The summed E-state index contributed by atoms with van der Waals surface area (Å²) in [5.41, 5.74) is 1.04. The lowest BCUT2D eigenvalue weighted by atomic mass is 9.91. The van der Waals surface area contributed by atoms with Crippen LogP contribution in [0.2, 0.25) is 0 Å². The Kier molecular flexibility index (Phi) is 5.68. The predicted octanol–water partition coefficient (Wildman–Crippen LogP) is 3.19. The third-order valence-electron chi connectivity index (χ3n) is 5.22. The average Bonchev–Trinajstić information content (AvgIpc) is 3.38. The monoisotopic (exact) mass is 389 g/mol. The Morgan fingerprint density at radius 3 is 2.75 bits per heavy atom. The number of nitrogens with one attached hydrogen (secondary N) is 1. The van der Waals surface area contributed by atoms with Gasteiger partial charge >= 0.3 is 0 Å². The summed E-state index contributed by atoms with van der Waals surface area (Å²) >= 11 is 0. The van der Waals surface area contributed by atoms with Crippen molar-refractivity contribution in [3.8, 4) is 17.2 Å². The van der Waals surface area contributed by atoms with Crippen LogP contribution in [0.4, 0.5) is 0 Å². The van der Waals surface area contributed by atoms with Crippen LogP contribution in [0, 0.1) is 5.92 Å². The molecule has 1 N–H and O–H groups in total. The van der Waals surface area contributed by atoms with Gasteiger partial charge in [0.25, 0.3) is 0 Å². The van der Waals surface area contributed by atoms with Crippen LogP contribution in [0.1, 0.15) is 55.9 Å². The van der Waals surface area contributed by atoms with Crippen molar-refractivity contribution in [2.75, 3.05) is 27.1 Å². The largest absolute Gasteiger partial charge is 0.493 e. The lowest BCUT2D eigenvalue weighted by Crippen LogP contribution is -2.32. The van der Waals surface area contributed by atoms with Crippen molar-refractivity contribution in [1.29, 1.82) is 0 Å². The van der Waals surface area contributed by atoms with Gasteiger partial charge in [-0.2, -0.15) is 4.98 Å². The predicted molar refractivity (Wildman–Crippen MR) is 101 cm³/mol. The van der Waals surface area contributed by atoms with E-state index in [0.717, 1.165) is 37.4 Å². The van der Waals surface area contributed by atoms with E-state index in [9.17, 15) is 0 Å². The minimum Gasteiger partial charge on any atom is -0.493 e. The molecule has 0 spiro atoms. The maximum absolute atomic E-state index is 5.61. The van der Waals surface area contributed by atoms with Crippen LogP contribution in [-0.2, 0) is 11.3 Å². The minimum absolute atomic E-state index is 0.0275. The number of benzene rings is 1. The molecule has 152 valence electrons. The second kappa shape index (κ2) is 8.36. The molecule has 0 amide bonds. The molecule has 1 atom stereocenters. The quantitative estimate of drug-likeness (QED) is 0.772. The first-order valence-electron chi connectivity index (χ1n) is 9.77. The molecule has 3 heterocycles. The van der Waals surface area contributed by atoms with Crippen molar-refractivity contribution in [2.45, 2.75) is 45.2 Å². The molecule has 1 aromatic heterocycles. The van der Waals surface area contributed by atoms with Crippen molar-refractivity contribution < 1.29 is 23.5 Å². The summed E-state index contributed by atoms with van der Waals surface area (Å²) < 4.78 is 27.6. The smallest absolute Gasteiger partial charge is 0.244 e. The van der Waals surface area contributed by atoms with Gasteiger partial charge in [-0.05, 0) is 36.5 Å². The lowest BCUT2D eigenvalue weighted by Gasteiger charge is -2.28. The van der Waals surface area contributed by atoms with Gasteiger partial charge in [-0.1, -0.05) is 19.0 Å². The second-order valence-electron chi connectivity index (χ2n) is 7.49. The van der Waals surface area contributed by atoms with Crippen LogP contribution in [0.15, 0.2) is 16.7 Å². The van der Waals surface area contributed by atoms with Gasteiger partial charge in [0.1, 0.15) is 0 Å². The van der Waals surface area contributed by atoms with E-state index in [2.05, 4.69) is 29.3 Å². The molecule has 1 aromatic carbocycles. The fraction of sp³-hybridized carbons (Fsp3) is 0.600. The molecule has 0 saturated carbocycles. The molecule has 2 aliphatic heterocycles. The highest BCUT2D eigenvalue weighted by atomic mass is 16.7. The Balaban J connectivity index is 1.54. The number of nitrogens with zero attached hydrogens (tertiary/aromatic N) is 2. The Morgan fingerprint density at radius 1 is 1.21 bits per heavy atom. The molecule has 4 rings (SSSR count). The van der Waals surface area contributed by atoms with Gasteiger partial charge in [-0.15, -0.1) is 0 Å². The summed E-state index contributed by atoms with van der Waals surface area (Å²) in [6, 6.07) is 3.92. The Labute approximate surface area is 164 Å². The molecule has 0 radical (unpaired) electrons. The van der Waals surface area contributed by atoms with Crippen LogP contribution < -0.4 is 19.5 Å². The summed E-state index contributed by atoms with van der Waals surface area (Å²) in [5.74, 6) is 4.02. The summed E-state index contributed by atoms with van der Waals surface area (Å²) in [7, 11) is 1.63. The van der Waals surface area contributed by atoms with E-state index in [1.54, 1.807) is 7.11 Å². The number of hydrogen-bond donors (Lipinski definition) is 1. The van der Waals surface area contributed by atoms with E-state index in [1.165, 1.54) is 0 Å². The van der Waals surface area contributed by atoms with Gasteiger partial charge < -0.3 is 28.8 Å². The first-order valence-corrected chi connectivity index (χ1v) is 9.77. The minimum atomic E-state index is -0.0275. The van der Waals surface area contributed by atoms with Gasteiger partial charge in [0, 0.05) is 25.7 Å². The fourth-order valence-electron chi connectivity index (χ4n) is 3.63. The number of aromatic nitrogens is 2. The first-order chi connectivity index (χ1) is 13.7. The van der Waals surface area contributed by atoms with Gasteiger partial charge in [-0.25, -0.2) is 0 Å². The molecule has 1 saturated heterocycles. The van der Waals surface area contributed by atoms with Crippen molar-refractivity contribution in [3.05, 3.63) is 29.4 Å². The van der Waals surface area contributed by atoms with Crippen LogP contribution >= 0.6 is 0 Å². The first kappa shape index (κ1) is 19.0. The van der Waals surface area contributed by atoms with E-state index < -0.39 is 0 Å². The van der Waals surface area contributed by atoms with Crippen molar-refractivity contribution in [3.63, 3.8) is 0 Å². The summed E-state index contributed by atoms with van der Waals surface area (Å²) in [6.45, 7) is 6.47. The number of ether oxygens (including phenoxy) is 4. The van der Waals surface area contributed by atoms with Crippen molar-refractivity contribution in [1.82, 2.24) is 15.5 Å². The SMILES string of the molecule is COc1cc(CN[C@@H](c2nc(C(C)C)no2)C2CCOCC2)cc2c1OCO2. The zero-order chi connectivity index (χ0) is 19.5. The summed E-state index contributed by atoms with van der Waals surface area (Å²) in [6.07, 6.45) is 1.92. The summed E-state index contributed by atoms with van der Waals surface area (Å²) in [4.78, 5) is 4.64. The highest BCUT2D eigenvalue weighted by molar-refractivity contribution is 5.55. The van der Waals surface area contributed by atoms with E-state index in [4.69, 9.17) is 23.5 Å². The van der Waals surface area contributed by atoms with Crippen molar-refractivity contribution >= 4 is 0 Å². The zero-order valence-electron chi connectivity index (χ0n) is 16.6. The van der Waals surface area contributed by atoms with Crippen LogP contribution in [-0.4, -0.2) is 37.3 Å². The Bertz CT molecular complexity index is 801.